The van der Waals surface area contributed by atoms with E-state index in [9.17, 15) is 27.6 Å². The van der Waals surface area contributed by atoms with E-state index in [1.165, 1.54) is 31.7 Å². The van der Waals surface area contributed by atoms with Crippen molar-refractivity contribution in [3.05, 3.63) is 113 Å². The van der Waals surface area contributed by atoms with Crippen molar-refractivity contribution >= 4 is 29.1 Å². The van der Waals surface area contributed by atoms with Gasteiger partial charge in [-0.3, -0.25) is 24.3 Å². The van der Waals surface area contributed by atoms with E-state index in [0.29, 0.717) is 34.6 Å². The maximum Gasteiger partial charge on any atom is 0.416 e. The van der Waals surface area contributed by atoms with E-state index in [0.717, 1.165) is 68.8 Å². The van der Waals surface area contributed by atoms with Crippen molar-refractivity contribution in [2.75, 3.05) is 36.4 Å². The molecule has 0 aliphatic carbocycles. The number of alkyl halides is 3. The monoisotopic (exact) mass is 698 g/mol. The molecule has 0 bridgehead atoms. The highest BCUT2D eigenvalue weighted by Gasteiger charge is 2.30. The number of hydrogen-bond donors (Lipinski definition) is 3. The van der Waals surface area contributed by atoms with Gasteiger partial charge in [-0.15, -0.1) is 0 Å². The first-order chi connectivity index (χ1) is 24.5. The number of pyridine rings is 1. The summed E-state index contributed by atoms with van der Waals surface area (Å²) in [6, 6.07) is 21.4. The number of benzene rings is 3. The van der Waals surface area contributed by atoms with E-state index in [1.54, 1.807) is 18.2 Å². The zero-order valence-corrected chi connectivity index (χ0v) is 28.4. The van der Waals surface area contributed by atoms with Crippen LogP contribution in [0.25, 0.3) is 11.3 Å². The van der Waals surface area contributed by atoms with Crippen LogP contribution in [0.5, 0.6) is 0 Å². The van der Waals surface area contributed by atoms with E-state index in [-0.39, 0.29) is 30.0 Å². The number of nitrogens with one attached hydrogen (secondary N) is 3. The molecule has 51 heavy (non-hydrogen) atoms. The van der Waals surface area contributed by atoms with Gasteiger partial charge in [-0.25, -0.2) is 0 Å². The van der Waals surface area contributed by atoms with Crippen molar-refractivity contribution in [2.24, 2.45) is 0 Å². The third kappa shape index (κ3) is 9.31. The first-order valence-corrected chi connectivity index (χ1v) is 17.2. The maximum absolute atomic E-state index is 13.7. The van der Waals surface area contributed by atoms with E-state index in [4.69, 9.17) is 0 Å². The Balaban J connectivity index is 1.21. The van der Waals surface area contributed by atoms with Crippen LogP contribution in [0, 0.1) is 0 Å². The predicted octanol–water partition coefficient (Wildman–Crippen LogP) is 6.65. The number of anilines is 2. The SMILES string of the molecule is CC(=O)NC1CCN(Cc2cccc(C(=O)Nc3ccc(N4CCCCC4)cc3-c3cc(C(=O)NCc4cccc(C(F)(F)F)c4)ccn3)c2)C1. The molecule has 1 atom stereocenters. The molecule has 1 unspecified atom stereocenters. The topological polar surface area (TPSA) is 107 Å². The van der Waals surface area contributed by atoms with Gasteiger partial charge in [0, 0.05) is 80.8 Å². The van der Waals surface area contributed by atoms with Crippen molar-refractivity contribution in [2.45, 2.75) is 57.9 Å². The smallest absolute Gasteiger partial charge is 0.372 e. The highest BCUT2D eigenvalue weighted by Crippen LogP contribution is 2.34. The van der Waals surface area contributed by atoms with Crippen LogP contribution in [0.15, 0.2) is 85.1 Å². The molecule has 2 saturated heterocycles. The van der Waals surface area contributed by atoms with Crippen molar-refractivity contribution in [1.82, 2.24) is 20.5 Å². The number of carbonyl (C=O) groups is 3. The molecule has 0 saturated carbocycles. The minimum absolute atomic E-state index is 0.0388. The number of halogens is 3. The first kappa shape index (κ1) is 35.6. The fourth-order valence-corrected chi connectivity index (χ4v) is 6.71. The molecule has 1 aromatic heterocycles. The van der Waals surface area contributed by atoms with E-state index in [1.807, 2.05) is 36.4 Å². The second-order valence-electron chi connectivity index (χ2n) is 13.2. The first-order valence-electron chi connectivity index (χ1n) is 17.2. The van der Waals surface area contributed by atoms with Crippen LogP contribution in [0.3, 0.4) is 0 Å². The highest BCUT2D eigenvalue weighted by atomic mass is 19.4. The summed E-state index contributed by atoms with van der Waals surface area (Å²) < 4.78 is 39.6. The number of nitrogens with zero attached hydrogens (tertiary/aromatic N) is 3. The zero-order valence-electron chi connectivity index (χ0n) is 28.4. The summed E-state index contributed by atoms with van der Waals surface area (Å²) in [6.45, 7) is 5.51. The van der Waals surface area contributed by atoms with Crippen molar-refractivity contribution < 1.29 is 27.6 Å². The molecule has 266 valence electrons. The Morgan fingerprint density at radius 2 is 1.61 bits per heavy atom. The summed E-state index contributed by atoms with van der Waals surface area (Å²) in [5.74, 6) is -0.800. The Bertz CT molecular complexity index is 1890. The molecule has 9 nitrogen and oxygen atoms in total. The Hall–Kier alpha value is -5.23. The molecule has 2 aliphatic rings. The molecule has 3 N–H and O–H groups in total. The summed E-state index contributed by atoms with van der Waals surface area (Å²) in [7, 11) is 0. The quantitative estimate of drug-likeness (QED) is 0.171. The number of piperidine rings is 1. The van der Waals surface area contributed by atoms with Gasteiger partial charge in [-0.2, -0.15) is 13.2 Å². The molecule has 6 rings (SSSR count). The van der Waals surface area contributed by atoms with Crippen molar-refractivity contribution in [1.29, 1.82) is 0 Å². The van der Waals surface area contributed by atoms with Gasteiger partial charge >= 0.3 is 6.18 Å². The van der Waals surface area contributed by atoms with E-state index in [2.05, 4.69) is 30.7 Å². The number of carbonyl (C=O) groups excluding carboxylic acids is 3. The molecule has 3 amide bonds. The lowest BCUT2D eigenvalue weighted by Gasteiger charge is -2.29. The Morgan fingerprint density at radius 1 is 0.843 bits per heavy atom. The zero-order chi connectivity index (χ0) is 36.0. The van der Waals surface area contributed by atoms with Gasteiger partial charge in [-0.1, -0.05) is 24.3 Å². The fourth-order valence-electron chi connectivity index (χ4n) is 6.71. The molecule has 0 radical (unpaired) electrons. The molecule has 0 spiro atoms. The minimum Gasteiger partial charge on any atom is -0.372 e. The van der Waals surface area contributed by atoms with Gasteiger partial charge in [0.05, 0.1) is 16.9 Å². The summed E-state index contributed by atoms with van der Waals surface area (Å²) >= 11 is 0. The summed E-state index contributed by atoms with van der Waals surface area (Å²) in [5.41, 5.74) is 3.91. The number of amides is 3. The third-order valence-corrected chi connectivity index (χ3v) is 9.25. The van der Waals surface area contributed by atoms with Crippen molar-refractivity contribution in [3.63, 3.8) is 0 Å². The number of hydrogen-bond acceptors (Lipinski definition) is 6. The van der Waals surface area contributed by atoms with Crippen LogP contribution >= 0.6 is 0 Å². The standard InChI is InChI=1S/C39H41F3N6O3/c1-26(49)45-32-14-18-47(25-32)24-28-8-5-9-29(19-28)38(51)46-35-12-11-33(48-16-3-2-4-17-48)22-34(35)36-21-30(13-15-43-36)37(50)44-23-27-7-6-10-31(20-27)39(40,41)42/h5-13,15,19-22,32H,2-4,14,16-18,23-25H2,1H3,(H,44,50)(H,45,49)(H,46,51). The largest absolute Gasteiger partial charge is 0.416 e. The minimum atomic E-state index is -4.48. The van der Waals surface area contributed by atoms with Gasteiger partial charge in [0.15, 0.2) is 0 Å². The third-order valence-electron chi connectivity index (χ3n) is 9.25. The molecule has 3 aromatic carbocycles. The average Bonchev–Trinajstić information content (AvgIpc) is 3.56. The van der Waals surface area contributed by atoms with Crippen LogP contribution in [-0.2, 0) is 24.1 Å². The molecule has 4 aromatic rings. The fraction of sp³-hybridized carbons (Fsp3) is 0.333. The lowest BCUT2D eigenvalue weighted by molar-refractivity contribution is -0.137. The summed E-state index contributed by atoms with van der Waals surface area (Å²) in [5, 5.41) is 8.76. The predicted molar refractivity (Wildman–Crippen MR) is 190 cm³/mol. The molecule has 12 heteroatoms. The van der Waals surface area contributed by atoms with E-state index >= 15 is 0 Å². The lowest BCUT2D eigenvalue weighted by atomic mass is 10.0. The van der Waals surface area contributed by atoms with Crippen LogP contribution in [0.4, 0.5) is 24.5 Å². The summed E-state index contributed by atoms with van der Waals surface area (Å²) in [6.07, 6.45) is 1.23. The van der Waals surface area contributed by atoms with Gasteiger partial charge in [-0.05, 0) is 91.4 Å². The second kappa shape index (κ2) is 15.8. The Morgan fingerprint density at radius 3 is 2.39 bits per heavy atom. The lowest BCUT2D eigenvalue weighted by Crippen LogP contribution is -2.35. The summed E-state index contributed by atoms with van der Waals surface area (Å²) in [4.78, 5) is 47.5. The molecule has 2 aliphatic heterocycles. The van der Waals surface area contributed by atoms with Gasteiger partial charge in [0.25, 0.3) is 11.8 Å². The molecule has 3 heterocycles. The van der Waals surface area contributed by atoms with Crippen LogP contribution in [0.1, 0.15) is 70.0 Å². The van der Waals surface area contributed by atoms with Gasteiger partial charge < -0.3 is 20.9 Å². The number of aromatic nitrogens is 1. The molecule has 2 fully saturated rings. The van der Waals surface area contributed by atoms with E-state index < -0.39 is 17.6 Å². The second-order valence-corrected chi connectivity index (χ2v) is 13.2. The number of likely N-dealkylation sites (tertiary alicyclic amines) is 1. The van der Waals surface area contributed by atoms with Crippen LogP contribution in [0.2, 0.25) is 0 Å². The highest BCUT2D eigenvalue weighted by molar-refractivity contribution is 6.06. The average molecular weight is 699 g/mol. The molecular weight excluding hydrogens is 657 g/mol. The Labute approximate surface area is 295 Å². The normalized spacial score (nSPS) is 16.5. The van der Waals surface area contributed by atoms with Gasteiger partial charge in [0.1, 0.15) is 0 Å². The molecular formula is C39H41F3N6O3. The van der Waals surface area contributed by atoms with Crippen molar-refractivity contribution in [3.8, 4) is 11.3 Å². The van der Waals surface area contributed by atoms with Crippen LogP contribution in [-0.4, -0.2) is 59.8 Å². The number of rotatable bonds is 10. The van der Waals surface area contributed by atoms with Gasteiger partial charge in [0.2, 0.25) is 5.91 Å². The maximum atomic E-state index is 13.7. The van der Waals surface area contributed by atoms with Crippen LogP contribution < -0.4 is 20.9 Å². The Kier molecular flexibility index (Phi) is 11.0.